The molecule has 6 nitrogen and oxygen atoms in total. The van der Waals surface area contributed by atoms with Gasteiger partial charge in [-0.1, -0.05) is 30.3 Å². The standard InChI is InChI=1S/C18H23N3O3/c1-13-8-9-16(24-13)14(2)21-18(23)20-12-17(22)19-11-10-15-6-4-3-5-7-15/h3-9,14H,10-12H2,1-2H3,(H,19,22)(H2,20,21,23)/t14-/m1/s1. The lowest BCUT2D eigenvalue weighted by molar-refractivity contribution is -0.120. The number of benzene rings is 1. The predicted molar refractivity (Wildman–Crippen MR) is 91.6 cm³/mol. The molecule has 2 rings (SSSR count). The van der Waals surface area contributed by atoms with Gasteiger partial charge in [-0.15, -0.1) is 0 Å². The van der Waals surface area contributed by atoms with Crippen LogP contribution >= 0.6 is 0 Å². The number of amides is 3. The van der Waals surface area contributed by atoms with Gasteiger partial charge in [0, 0.05) is 6.54 Å². The summed E-state index contributed by atoms with van der Waals surface area (Å²) in [5.41, 5.74) is 1.16. The molecule has 0 aliphatic carbocycles. The Hall–Kier alpha value is -2.76. The van der Waals surface area contributed by atoms with Crippen LogP contribution < -0.4 is 16.0 Å². The van der Waals surface area contributed by atoms with Crippen molar-refractivity contribution in [2.24, 2.45) is 0 Å². The van der Waals surface area contributed by atoms with E-state index in [2.05, 4.69) is 16.0 Å². The highest BCUT2D eigenvalue weighted by Crippen LogP contribution is 2.15. The molecule has 0 fully saturated rings. The van der Waals surface area contributed by atoms with Crippen molar-refractivity contribution in [1.82, 2.24) is 16.0 Å². The molecule has 0 saturated heterocycles. The molecule has 1 heterocycles. The molecule has 3 amide bonds. The van der Waals surface area contributed by atoms with E-state index >= 15 is 0 Å². The first-order valence-corrected chi connectivity index (χ1v) is 7.96. The van der Waals surface area contributed by atoms with E-state index in [-0.39, 0.29) is 18.5 Å². The Morgan fingerprint density at radius 2 is 1.83 bits per heavy atom. The van der Waals surface area contributed by atoms with Crippen molar-refractivity contribution in [3.05, 3.63) is 59.5 Å². The molecule has 1 aromatic carbocycles. The molecule has 0 unspecified atom stereocenters. The first kappa shape index (κ1) is 17.6. The zero-order chi connectivity index (χ0) is 17.4. The van der Waals surface area contributed by atoms with Gasteiger partial charge in [-0.25, -0.2) is 4.79 Å². The summed E-state index contributed by atoms with van der Waals surface area (Å²) in [4.78, 5) is 23.5. The summed E-state index contributed by atoms with van der Waals surface area (Å²) >= 11 is 0. The Balaban J connectivity index is 1.63. The number of aryl methyl sites for hydroxylation is 1. The van der Waals surface area contributed by atoms with E-state index in [1.54, 1.807) is 0 Å². The van der Waals surface area contributed by atoms with Crippen molar-refractivity contribution < 1.29 is 14.0 Å². The third kappa shape index (κ3) is 5.79. The molecule has 2 aromatic rings. The summed E-state index contributed by atoms with van der Waals surface area (Å²) < 4.78 is 5.45. The molecule has 24 heavy (non-hydrogen) atoms. The van der Waals surface area contributed by atoms with Crippen LogP contribution in [0.1, 0.15) is 30.0 Å². The van der Waals surface area contributed by atoms with Crippen LogP contribution in [0.25, 0.3) is 0 Å². The Bertz CT molecular complexity index is 667. The van der Waals surface area contributed by atoms with E-state index < -0.39 is 6.03 Å². The molecule has 0 aliphatic heterocycles. The zero-order valence-electron chi connectivity index (χ0n) is 14.0. The second kappa shape index (κ2) is 8.76. The van der Waals surface area contributed by atoms with Crippen LogP contribution in [0, 0.1) is 6.92 Å². The number of hydrogen-bond acceptors (Lipinski definition) is 3. The number of nitrogens with one attached hydrogen (secondary N) is 3. The van der Waals surface area contributed by atoms with Crippen LogP contribution in [0.15, 0.2) is 46.9 Å². The Morgan fingerprint density at radius 1 is 1.08 bits per heavy atom. The maximum Gasteiger partial charge on any atom is 0.315 e. The fraction of sp³-hybridized carbons (Fsp3) is 0.333. The Labute approximate surface area is 141 Å². The van der Waals surface area contributed by atoms with Crippen LogP contribution in [0.5, 0.6) is 0 Å². The smallest absolute Gasteiger partial charge is 0.315 e. The summed E-state index contributed by atoms with van der Waals surface area (Å²) in [6.45, 7) is 4.13. The topological polar surface area (TPSA) is 83.4 Å². The van der Waals surface area contributed by atoms with Gasteiger partial charge < -0.3 is 20.4 Å². The molecular weight excluding hydrogens is 306 g/mol. The van der Waals surface area contributed by atoms with Gasteiger partial charge in [-0.3, -0.25) is 4.79 Å². The van der Waals surface area contributed by atoms with Gasteiger partial charge in [0.2, 0.25) is 5.91 Å². The highest BCUT2D eigenvalue weighted by molar-refractivity contribution is 5.83. The highest BCUT2D eigenvalue weighted by atomic mass is 16.3. The number of furan rings is 1. The van der Waals surface area contributed by atoms with Crippen LogP contribution in [-0.2, 0) is 11.2 Å². The minimum absolute atomic E-state index is 0.0650. The number of carbonyl (C=O) groups is 2. The quantitative estimate of drug-likeness (QED) is 0.729. The average Bonchev–Trinajstić information content (AvgIpc) is 3.00. The highest BCUT2D eigenvalue weighted by Gasteiger charge is 2.13. The van der Waals surface area contributed by atoms with E-state index in [1.807, 2.05) is 56.3 Å². The van der Waals surface area contributed by atoms with Crippen molar-refractivity contribution in [2.45, 2.75) is 26.3 Å². The van der Waals surface area contributed by atoms with Crippen LogP contribution in [0.2, 0.25) is 0 Å². The van der Waals surface area contributed by atoms with Crippen molar-refractivity contribution in [2.75, 3.05) is 13.1 Å². The van der Waals surface area contributed by atoms with Gasteiger partial charge in [0.05, 0.1) is 12.6 Å². The molecular formula is C18H23N3O3. The maximum absolute atomic E-state index is 11.8. The minimum atomic E-state index is -0.408. The normalized spacial score (nSPS) is 11.6. The van der Waals surface area contributed by atoms with E-state index in [1.165, 1.54) is 0 Å². The number of carbonyl (C=O) groups excluding carboxylic acids is 2. The van der Waals surface area contributed by atoms with Gasteiger partial charge in [-0.05, 0) is 38.0 Å². The molecule has 6 heteroatoms. The average molecular weight is 329 g/mol. The van der Waals surface area contributed by atoms with Crippen LogP contribution in [0.4, 0.5) is 4.79 Å². The molecule has 3 N–H and O–H groups in total. The second-order valence-corrected chi connectivity index (χ2v) is 5.58. The summed E-state index contributed by atoms with van der Waals surface area (Å²) in [5.74, 6) is 1.24. The van der Waals surface area contributed by atoms with Crippen LogP contribution in [-0.4, -0.2) is 25.0 Å². The predicted octanol–water partition coefficient (Wildman–Crippen LogP) is 2.31. The van der Waals surface area contributed by atoms with E-state index in [4.69, 9.17) is 4.42 Å². The van der Waals surface area contributed by atoms with Gasteiger partial charge in [-0.2, -0.15) is 0 Å². The Kier molecular flexibility index (Phi) is 6.42. The van der Waals surface area contributed by atoms with Gasteiger partial charge in [0.1, 0.15) is 11.5 Å². The van der Waals surface area contributed by atoms with Gasteiger partial charge in [0.15, 0.2) is 0 Å². The van der Waals surface area contributed by atoms with Crippen molar-refractivity contribution >= 4 is 11.9 Å². The van der Waals surface area contributed by atoms with E-state index in [0.29, 0.717) is 12.3 Å². The minimum Gasteiger partial charge on any atom is -0.464 e. The molecule has 128 valence electrons. The fourth-order valence-corrected chi connectivity index (χ4v) is 2.22. The summed E-state index contributed by atoms with van der Waals surface area (Å²) in [6.07, 6.45) is 0.758. The second-order valence-electron chi connectivity index (χ2n) is 5.58. The Morgan fingerprint density at radius 3 is 2.50 bits per heavy atom. The van der Waals surface area contributed by atoms with Gasteiger partial charge >= 0.3 is 6.03 Å². The first-order valence-electron chi connectivity index (χ1n) is 7.96. The maximum atomic E-state index is 11.8. The van der Waals surface area contributed by atoms with E-state index in [9.17, 15) is 9.59 Å². The number of urea groups is 1. The number of hydrogen-bond donors (Lipinski definition) is 3. The van der Waals surface area contributed by atoms with E-state index in [0.717, 1.165) is 17.7 Å². The number of rotatable bonds is 7. The molecule has 0 bridgehead atoms. The molecule has 0 aliphatic rings. The molecule has 0 saturated carbocycles. The van der Waals surface area contributed by atoms with Crippen molar-refractivity contribution in [3.63, 3.8) is 0 Å². The molecule has 0 radical (unpaired) electrons. The van der Waals surface area contributed by atoms with Crippen molar-refractivity contribution in [1.29, 1.82) is 0 Å². The monoisotopic (exact) mass is 329 g/mol. The summed E-state index contributed by atoms with van der Waals surface area (Å²) in [6, 6.07) is 12.9. The SMILES string of the molecule is Cc1ccc([C@@H](C)NC(=O)NCC(=O)NCCc2ccccc2)o1. The third-order valence-electron chi connectivity index (χ3n) is 3.52. The lowest BCUT2D eigenvalue weighted by Crippen LogP contribution is -2.43. The first-order chi connectivity index (χ1) is 11.5. The molecule has 1 aromatic heterocycles. The summed E-state index contributed by atoms with van der Waals surface area (Å²) in [7, 11) is 0. The largest absolute Gasteiger partial charge is 0.464 e. The lowest BCUT2D eigenvalue weighted by atomic mass is 10.1. The zero-order valence-corrected chi connectivity index (χ0v) is 14.0. The van der Waals surface area contributed by atoms with Gasteiger partial charge in [0.25, 0.3) is 0 Å². The van der Waals surface area contributed by atoms with Crippen molar-refractivity contribution in [3.8, 4) is 0 Å². The summed E-state index contributed by atoms with van der Waals surface area (Å²) in [5, 5.41) is 8.03. The molecule has 1 atom stereocenters. The lowest BCUT2D eigenvalue weighted by Gasteiger charge is -2.12. The molecule has 0 spiro atoms. The van der Waals surface area contributed by atoms with Crippen LogP contribution in [0.3, 0.4) is 0 Å². The fourth-order valence-electron chi connectivity index (χ4n) is 2.22. The third-order valence-corrected chi connectivity index (χ3v) is 3.52.